The van der Waals surface area contributed by atoms with Crippen molar-refractivity contribution in [3.05, 3.63) is 6.33 Å². The van der Waals surface area contributed by atoms with Crippen LogP contribution in [0.3, 0.4) is 0 Å². The van der Waals surface area contributed by atoms with Crippen molar-refractivity contribution in [1.82, 2.24) is 9.97 Å². The molecule has 1 fully saturated rings. The van der Waals surface area contributed by atoms with Gasteiger partial charge < -0.3 is 20.1 Å². The van der Waals surface area contributed by atoms with Crippen molar-refractivity contribution in [2.24, 2.45) is 5.92 Å². The highest BCUT2D eigenvalue weighted by Crippen LogP contribution is 2.37. The fourth-order valence-electron chi connectivity index (χ4n) is 2.60. The van der Waals surface area contributed by atoms with Crippen LogP contribution in [0.2, 0.25) is 0 Å². The molecule has 1 aromatic heterocycles. The third kappa shape index (κ3) is 2.58. The molecule has 1 saturated heterocycles. The molecule has 1 aliphatic heterocycles. The molecule has 2 N–H and O–H groups in total. The van der Waals surface area contributed by atoms with Crippen LogP contribution in [-0.4, -0.2) is 47.9 Å². The topological polar surface area (TPSA) is 70.5 Å². The molecule has 0 aliphatic carbocycles. The summed E-state index contributed by atoms with van der Waals surface area (Å²) < 4.78 is 5.46. The first-order valence-electron chi connectivity index (χ1n) is 6.73. The molecular weight excluding hydrogens is 244 g/mol. The normalized spacial score (nSPS) is 22.6. The van der Waals surface area contributed by atoms with Crippen molar-refractivity contribution in [3.63, 3.8) is 0 Å². The van der Waals surface area contributed by atoms with E-state index in [-0.39, 0.29) is 12.6 Å². The van der Waals surface area contributed by atoms with E-state index in [1.165, 1.54) is 6.33 Å². The van der Waals surface area contributed by atoms with Gasteiger partial charge >= 0.3 is 0 Å². The number of methoxy groups -OCH3 is 1. The van der Waals surface area contributed by atoms with Gasteiger partial charge in [0.15, 0.2) is 11.6 Å². The Balaban J connectivity index is 2.36. The fraction of sp³-hybridized carbons (Fsp3) is 0.692. The number of aliphatic hydroxyl groups excluding tert-OH is 1. The Morgan fingerprint density at radius 3 is 2.95 bits per heavy atom. The zero-order valence-corrected chi connectivity index (χ0v) is 11.8. The number of aromatic nitrogens is 2. The largest absolute Gasteiger partial charge is 0.490 e. The zero-order chi connectivity index (χ0) is 13.8. The molecule has 2 unspecified atom stereocenters. The van der Waals surface area contributed by atoms with Crippen molar-refractivity contribution in [1.29, 1.82) is 0 Å². The molecule has 19 heavy (non-hydrogen) atoms. The molecule has 1 aliphatic rings. The third-order valence-corrected chi connectivity index (χ3v) is 3.68. The second-order valence-electron chi connectivity index (χ2n) is 4.82. The summed E-state index contributed by atoms with van der Waals surface area (Å²) >= 11 is 0. The summed E-state index contributed by atoms with van der Waals surface area (Å²) in [6, 6.07) is 0.0956. The molecular formula is C13H22N4O2. The lowest BCUT2D eigenvalue weighted by Gasteiger charge is -2.27. The van der Waals surface area contributed by atoms with Crippen molar-refractivity contribution in [2.45, 2.75) is 26.3 Å². The average Bonchev–Trinajstić information content (AvgIpc) is 2.79. The second kappa shape index (κ2) is 6.06. The molecule has 0 amide bonds. The predicted octanol–water partition coefficient (Wildman–Crippen LogP) is 1.12. The minimum atomic E-state index is 0.0956. The summed E-state index contributed by atoms with van der Waals surface area (Å²) in [4.78, 5) is 10.7. The number of ether oxygens (including phenoxy) is 1. The van der Waals surface area contributed by atoms with Gasteiger partial charge in [0.25, 0.3) is 0 Å². The molecule has 2 atom stereocenters. The molecule has 6 heteroatoms. The van der Waals surface area contributed by atoms with Gasteiger partial charge in [-0.3, -0.25) is 0 Å². The Morgan fingerprint density at radius 1 is 1.53 bits per heavy atom. The monoisotopic (exact) mass is 266 g/mol. The molecule has 0 aromatic carbocycles. The molecule has 2 rings (SSSR count). The van der Waals surface area contributed by atoms with Crippen molar-refractivity contribution in [3.8, 4) is 5.75 Å². The summed E-state index contributed by atoms with van der Waals surface area (Å²) in [7, 11) is 1.62. The van der Waals surface area contributed by atoms with Gasteiger partial charge in [-0.2, -0.15) is 0 Å². The van der Waals surface area contributed by atoms with Crippen LogP contribution in [0.1, 0.15) is 20.3 Å². The van der Waals surface area contributed by atoms with Crippen molar-refractivity contribution >= 4 is 11.6 Å². The number of rotatable bonds is 5. The lowest BCUT2D eigenvalue weighted by molar-refractivity contribution is 0.244. The Labute approximate surface area is 113 Å². The standard InChI is InChI=1S/C13H22N4O2/c1-4-14-12-11(19-3)13(16-8-15-12)17-6-5-9(2)10(17)7-18/h8-10,18H,4-7H2,1-3H3,(H,14,15,16). The molecule has 6 nitrogen and oxygen atoms in total. The van der Waals surface area contributed by atoms with Crippen LogP contribution in [0.5, 0.6) is 5.75 Å². The Bertz CT molecular complexity index is 427. The minimum Gasteiger partial charge on any atom is -0.490 e. The van der Waals surface area contributed by atoms with Crippen LogP contribution < -0.4 is 15.0 Å². The number of hydrogen-bond donors (Lipinski definition) is 2. The van der Waals surface area contributed by atoms with E-state index < -0.39 is 0 Å². The quantitative estimate of drug-likeness (QED) is 0.832. The van der Waals surface area contributed by atoms with Gasteiger partial charge in [-0.25, -0.2) is 9.97 Å². The predicted molar refractivity (Wildman–Crippen MR) is 74.7 cm³/mol. The van der Waals surface area contributed by atoms with E-state index in [1.54, 1.807) is 7.11 Å². The van der Waals surface area contributed by atoms with Gasteiger partial charge in [0, 0.05) is 13.1 Å². The van der Waals surface area contributed by atoms with Gasteiger partial charge in [0.05, 0.1) is 19.8 Å². The maximum absolute atomic E-state index is 9.56. The first-order valence-corrected chi connectivity index (χ1v) is 6.73. The van der Waals surface area contributed by atoms with E-state index in [9.17, 15) is 5.11 Å². The Kier molecular flexibility index (Phi) is 4.42. The Hall–Kier alpha value is -1.56. The molecule has 0 bridgehead atoms. The molecule has 1 aromatic rings. The summed E-state index contributed by atoms with van der Waals surface area (Å²) in [5.41, 5.74) is 0. The number of hydrogen-bond acceptors (Lipinski definition) is 6. The Morgan fingerprint density at radius 2 is 2.32 bits per heavy atom. The first kappa shape index (κ1) is 13.9. The van der Waals surface area contributed by atoms with Crippen LogP contribution in [0.25, 0.3) is 0 Å². The van der Waals surface area contributed by atoms with E-state index in [4.69, 9.17) is 4.74 Å². The van der Waals surface area contributed by atoms with Gasteiger partial charge in [-0.15, -0.1) is 0 Å². The van der Waals surface area contributed by atoms with Crippen molar-refractivity contribution in [2.75, 3.05) is 37.0 Å². The van der Waals surface area contributed by atoms with Gasteiger partial charge in [-0.1, -0.05) is 6.92 Å². The molecule has 0 spiro atoms. The number of aliphatic hydroxyl groups is 1. The smallest absolute Gasteiger partial charge is 0.204 e. The second-order valence-corrected chi connectivity index (χ2v) is 4.82. The first-order chi connectivity index (χ1) is 9.22. The summed E-state index contributed by atoms with van der Waals surface area (Å²) in [6.45, 7) is 5.94. The number of anilines is 2. The average molecular weight is 266 g/mol. The molecule has 106 valence electrons. The SMILES string of the molecule is CCNc1ncnc(N2CCC(C)C2CO)c1OC. The van der Waals surface area contributed by atoms with Crippen LogP contribution in [0, 0.1) is 5.92 Å². The molecule has 2 heterocycles. The van der Waals surface area contributed by atoms with Crippen LogP contribution in [-0.2, 0) is 0 Å². The summed E-state index contributed by atoms with van der Waals surface area (Å²) in [5, 5.41) is 12.7. The maximum atomic E-state index is 9.56. The van der Waals surface area contributed by atoms with Gasteiger partial charge in [-0.05, 0) is 19.3 Å². The van der Waals surface area contributed by atoms with E-state index in [0.717, 1.165) is 25.3 Å². The maximum Gasteiger partial charge on any atom is 0.204 e. The highest BCUT2D eigenvalue weighted by atomic mass is 16.5. The number of nitrogens with one attached hydrogen (secondary N) is 1. The highest BCUT2D eigenvalue weighted by Gasteiger charge is 2.33. The van der Waals surface area contributed by atoms with Crippen LogP contribution in [0.4, 0.5) is 11.6 Å². The lowest BCUT2D eigenvalue weighted by Crippen LogP contribution is -2.36. The fourth-order valence-corrected chi connectivity index (χ4v) is 2.60. The molecule has 0 radical (unpaired) electrons. The van der Waals surface area contributed by atoms with E-state index in [2.05, 4.69) is 27.1 Å². The highest BCUT2D eigenvalue weighted by molar-refractivity contribution is 5.65. The third-order valence-electron chi connectivity index (χ3n) is 3.68. The van der Waals surface area contributed by atoms with Crippen molar-refractivity contribution < 1.29 is 9.84 Å². The zero-order valence-electron chi connectivity index (χ0n) is 11.8. The molecule has 0 saturated carbocycles. The van der Waals surface area contributed by atoms with E-state index in [1.807, 2.05) is 6.92 Å². The van der Waals surface area contributed by atoms with Gasteiger partial charge in [0.1, 0.15) is 6.33 Å². The van der Waals surface area contributed by atoms with Crippen LogP contribution in [0.15, 0.2) is 6.33 Å². The summed E-state index contributed by atoms with van der Waals surface area (Å²) in [6.07, 6.45) is 2.59. The van der Waals surface area contributed by atoms with E-state index in [0.29, 0.717) is 17.5 Å². The van der Waals surface area contributed by atoms with Crippen LogP contribution >= 0.6 is 0 Å². The minimum absolute atomic E-state index is 0.0956. The lowest BCUT2D eigenvalue weighted by atomic mass is 10.0. The van der Waals surface area contributed by atoms with Gasteiger partial charge in [0.2, 0.25) is 5.75 Å². The van der Waals surface area contributed by atoms with E-state index >= 15 is 0 Å². The number of nitrogens with zero attached hydrogens (tertiary/aromatic N) is 3. The summed E-state index contributed by atoms with van der Waals surface area (Å²) in [5.74, 6) is 2.56.